The highest BCUT2D eigenvalue weighted by atomic mass is 79.9. The van der Waals surface area contributed by atoms with Crippen LogP contribution in [0.25, 0.3) is 22.3 Å². The third-order valence-electron chi connectivity index (χ3n) is 3.95. The van der Waals surface area contributed by atoms with E-state index in [0.29, 0.717) is 0 Å². The lowest BCUT2D eigenvalue weighted by molar-refractivity contribution is 0.104. The zero-order chi connectivity index (χ0) is 15.3. The Morgan fingerprint density at radius 1 is 0.636 bits per heavy atom. The Morgan fingerprint density at radius 3 is 2.14 bits per heavy atom. The molecule has 1 aliphatic carbocycles. The van der Waals surface area contributed by atoms with Gasteiger partial charge < -0.3 is 0 Å². The van der Waals surface area contributed by atoms with Crippen molar-refractivity contribution in [3.63, 3.8) is 0 Å². The SMILES string of the molecule is O=C1c2cc(Br)ccc2-c2cc(-c3ccccc3)c(Br)cc21. The van der Waals surface area contributed by atoms with Crippen molar-refractivity contribution in [2.24, 2.45) is 0 Å². The molecule has 106 valence electrons. The molecule has 0 N–H and O–H groups in total. The molecular formula is C19H10Br2O. The average molecular weight is 414 g/mol. The molecule has 0 saturated carbocycles. The van der Waals surface area contributed by atoms with E-state index in [9.17, 15) is 4.79 Å². The second-order valence-electron chi connectivity index (χ2n) is 5.26. The number of ketones is 1. The number of halogens is 2. The minimum absolute atomic E-state index is 0.0895. The number of fused-ring (bicyclic) bond motifs is 3. The molecule has 0 fully saturated rings. The van der Waals surface area contributed by atoms with Gasteiger partial charge >= 0.3 is 0 Å². The molecule has 0 aromatic heterocycles. The van der Waals surface area contributed by atoms with E-state index in [1.54, 1.807) is 0 Å². The Morgan fingerprint density at radius 2 is 1.36 bits per heavy atom. The monoisotopic (exact) mass is 412 g/mol. The first-order valence-electron chi connectivity index (χ1n) is 6.89. The predicted octanol–water partition coefficient (Wildman–Crippen LogP) is 6.09. The van der Waals surface area contributed by atoms with Gasteiger partial charge in [-0.05, 0) is 46.5 Å². The van der Waals surface area contributed by atoms with Crippen LogP contribution < -0.4 is 0 Å². The summed E-state index contributed by atoms with van der Waals surface area (Å²) in [5.41, 5.74) is 5.78. The van der Waals surface area contributed by atoms with Crippen molar-refractivity contribution in [1.29, 1.82) is 0 Å². The topological polar surface area (TPSA) is 17.1 Å². The molecular weight excluding hydrogens is 404 g/mol. The summed E-state index contributed by atoms with van der Waals surface area (Å²) < 4.78 is 1.87. The van der Waals surface area contributed by atoms with Gasteiger partial charge in [0.15, 0.2) is 5.78 Å². The third kappa shape index (κ3) is 2.08. The minimum Gasteiger partial charge on any atom is -0.289 e. The standard InChI is InChI=1S/C19H10Br2O/c20-12-6-7-13-15-9-14(11-4-2-1-3-5-11)18(21)10-17(15)19(22)16(13)8-12/h1-10H. The third-order valence-corrected chi connectivity index (χ3v) is 5.10. The highest BCUT2D eigenvalue weighted by molar-refractivity contribution is 9.10. The van der Waals surface area contributed by atoms with Crippen molar-refractivity contribution in [3.8, 4) is 22.3 Å². The summed E-state index contributed by atoms with van der Waals surface area (Å²) in [6, 6.07) is 20.1. The molecule has 0 bridgehead atoms. The molecule has 4 rings (SSSR count). The fourth-order valence-corrected chi connectivity index (χ4v) is 3.84. The minimum atomic E-state index is 0.0895. The van der Waals surface area contributed by atoms with Crippen LogP contribution in [0, 0.1) is 0 Å². The number of carbonyl (C=O) groups excluding carboxylic acids is 1. The molecule has 3 aromatic rings. The zero-order valence-electron chi connectivity index (χ0n) is 11.4. The predicted molar refractivity (Wildman–Crippen MR) is 96.1 cm³/mol. The van der Waals surface area contributed by atoms with Gasteiger partial charge in [0.1, 0.15) is 0 Å². The van der Waals surface area contributed by atoms with Crippen molar-refractivity contribution in [3.05, 3.63) is 80.7 Å². The molecule has 3 aromatic carbocycles. The fraction of sp³-hybridized carbons (Fsp3) is 0. The smallest absolute Gasteiger partial charge is 0.194 e. The molecule has 0 saturated heterocycles. The van der Waals surface area contributed by atoms with Gasteiger partial charge in [-0.25, -0.2) is 0 Å². The first kappa shape index (κ1) is 13.9. The number of benzene rings is 3. The second-order valence-corrected chi connectivity index (χ2v) is 7.03. The molecule has 0 radical (unpaired) electrons. The second kappa shape index (κ2) is 5.18. The number of rotatable bonds is 1. The Hall–Kier alpha value is -1.71. The van der Waals surface area contributed by atoms with Gasteiger partial charge in [0.05, 0.1) is 0 Å². The van der Waals surface area contributed by atoms with Crippen LogP contribution >= 0.6 is 31.9 Å². The largest absolute Gasteiger partial charge is 0.289 e. The fourth-order valence-electron chi connectivity index (χ4n) is 2.91. The molecule has 22 heavy (non-hydrogen) atoms. The van der Waals surface area contributed by atoms with E-state index >= 15 is 0 Å². The summed E-state index contributed by atoms with van der Waals surface area (Å²) in [6.07, 6.45) is 0. The van der Waals surface area contributed by atoms with Gasteiger partial charge in [-0.2, -0.15) is 0 Å². The van der Waals surface area contributed by atoms with Crippen molar-refractivity contribution >= 4 is 37.6 Å². The molecule has 0 unspecified atom stereocenters. The Balaban J connectivity index is 1.98. The number of hydrogen-bond acceptors (Lipinski definition) is 1. The van der Waals surface area contributed by atoms with E-state index in [1.165, 1.54) is 0 Å². The summed E-state index contributed by atoms with van der Waals surface area (Å²) in [7, 11) is 0. The molecule has 0 amide bonds. The zero-order valence-corrected chi connectivity index (χ0v) is 14.6. The van der Waals surface area contributed by atoms with E-state index in [1.807, 2.05) is 42.5 Å². The summed E-state index contributed by atoms with van der Waals surface area (Å²) >= 11 is 7.05. The number of hydrogen-bond donors (Lipinski definition) is 0. The van der Waals surface area contributed by atoms with E-state index in [0.717, 1.165) is 42.3 Å². The van der Waals surface area contributed by atoms with Crippen molar-refractivity contribution in [2.75, 3.05) is 0 Å². The van der Waals surface area contributed by atoms with Gasteiger partial charge in [-0.15, -0.1) is 0 Å². The molecule has 1 aliphatic rings. The maximum Gasteiger partial charge on any atom is 0.194 e. The van der Waals surface area contributed by atoms with Gasteiger partial charge in [0.2, 0.25) is 0 Å². The van der Waals surface area contributed by atoms with Crippen LogP contribution in [-0.2, 0) is 0 Å². The van der Waals surface area contributed by atoms with Crippen LogP contribution in [0.1, 0.15) is 15.9 Å². The highest BCUT2D eigenvalue weighted by Crippen LogP contribution is 2.42. The van der Waals surface area contributed by atoms with Gasteiger partial charge in [0, 0.05) is 20.1 Å². The van der Waals surface area contributed by atoms with Crippen molar-refractivity contribution in [1.82, 2.24) is 0 Å². The Labute approximate surface area is 145 Å². The van der Waals surface area contributed by atoms with E-state index in [2.05, 4.69) is 50.1 Å². The summed E-state index contributed by atoms with van der Waals surface area (Å²) in [5.74, 6) is 0.0895. The van der Waals surface area contributed by atoms with Gasteiger partial charge in [-0.3, -0.25) is 4.79 Å². The quantitative estimate of drug-likeness (QED) is 0.369. The molecule has 1 nitrogen and oxygen atoms in total. The van der Waals surface area contributed by atoms with Crippen molar-refractivity contribution in [2.45, 2.75) is 0 Å². The van der Waals surface area contributed by atoms with Crippen LogP contribution in [0.4, 0.5) is 0 Å². The lowest BCUT2D eigenvalue weighted by atomic mass is 9.98. The lowest BCUT2D eigenvalue weighted by Crippen LogP contribution is -1.95. The summed E-state index contributed by atoms with van der Waals surface area (Å²) in [5, 5.41) is 0. The van der Waals surface area contributed by atoms with Crippen LogP contribution in [0.15, 0.2) is 69.6 Å². The van der Waals surface area contributed by atoms with Crippen LogP contribution in [-0.4, -0.2) is 5.78 Å². The van der Waals surface area contributed by atoms with E-state index < -0.39 is 0 Å². The molecule has 0 atom stereocenters. The van der Waals surface area contributed by atoms with Gasteiger partial charge in [0.25, 0.3) is 0 Å². The number of carbonyl (C=O) groups is 1. The summed E-state index contributed by atoms with van der Waals surface area (Å²) in [4.78, 5) is 12.6. The normalized spacial score (nSPS) is 12.2. The van der Waals surface area contributed by atoms with Crippen molar-refractivity contribution < 1.29 is 4.79 Å². The first-order chi connectivity index (χ1) is 10.6. The highest BCUT2D eigenvalue weighted by Gasteiger charge is 2.28. The maximum atomic E-state index is 12.6. The molecule has 0 spiro atoms. The summed E-state index contributed by atoms with van der Waals surface area (Å²) in [6.45, 7) is 0. The van der Waals surface area contributed by atoms with Crippen LogP contribution in [0.3, 0.4) is 0 Å². The Bertz CT molecular complexity index is 914. The van der Waals surface area contributed by atoms with Crippen LogP contribution in [0.5, 0.6) is 0 Å². The Kier molecular flexibility index (Phi) is 3.28. The average Bonchev–Trinajstić information content (AvgIpc) is 2.79. The maximum absolute atomic E-state index is 12.6. The first-order valence-corrected chi connectivity index (χ1v) is 8.47. The van der Waals surface area contributed by atoms with E-state index in [4.69, 9.17) is 0 Å². The van der Waals surface area contributed by atoms with E-state index in [-0.39, 0.29) is 5.78 Å². The van der Waals surface area contributed by atoms with Gasteiger partial charge in [-0.1, -0.05) is 68.3 Å². The molecule has 0 aliphatic heterocycles. The lowest BCUT2D eigenvalue weighted by Gasteiger charge is -2.08. The van der Waals surface area contributed by atoms with Crippen LogP contribution in [0.2, 0.25) is 0 Å². The molecule has 0 heterocycles. The molecule has 3 heteroatoms.